The van der Waals surface area contributed by atoms with Gasteiger partial charge in [0.05, 0.1) is 5.92 Å². The Bertz CT molecular complexity index is 272. The minimum atomic E-state index is -0.545. The number of amides is 1. The van der Waals surface area contributed by atoms with Gasteiger partial charge in [-0.3, -0.25) is 4.79 Å². The fourth-order valence-corrected chi connectivity index (χ4v) is 2.21. The first-order valence-electron chi connectivity index (χ1n) is 5.78. The van der Waals surface area contributed by atoms with E-state index in [0.717, 1.165) is 6.54 Å². The Morgan fingerprint density at radius 2 is 2.12 bits per heavy atom. The molecule has 92 valence electrons. The number of rotatable bonds is 4. The van der Waals surface area contributed by atoms with E-state index in [4.69, 9.17) is 10.9 Å². The van der Waals surface area contributed by atoms with Crippen molar-refractivity contribution < 1.29 is 10.0 Å². The van der Waals surface area contributed by atoms with Gasteiger partial charge in [0.15, 0.2) is 5.84 Å². The van der Waals surface area contributed by atoms with Gasteiger partial charge in [0.1, 0.15) is 0 Å². The number of carbonyl (C=O) groups excluding carboxylic acids is 1. The van der Waals surface area contributed by atoms with E-state index in [-0.39, 0.29) is 11.7 Å². The average molecular weight is 227 g/mol. The van der Waals surface area contributed by atoms with E-state index < -0.39 is 5.92 Å². The number of nitrogens with zero attached hydrogens (tertiary/aromatic N) is 2. The fraction of sp³-hybridized carbons (Fsp3) is 0.818. The molecule has 16 heavy (non-hydrogen) atoms. The maximum atomic E-state index is 11.9. The van der Waals surface area contributed by atoms with Crippen LogP contribution >= 0.6 is 0 Å². The highest BCUT2D eigenvalue weighted by Gasteiger charge is 2.24. The quantitative estimate of drug-likeness (QED) is 0.326. The molecular formula is C11H21N3O2. The minimum Gasteiger partial charge on any atom is -0.409 e. The van der Waals surface area contributed by atoms with Gasteiger partial charge in [-0.05, 0) is 25.7 Å². The molecule has 0 saturated heterocycles. The van der Waals surface area contributed by atoms with Crippen molar-refractivity contribution in [2.24, 2.45) is 22.7 Å². The van der Waals surface area contributed by atoms with Crippen molar-refractivity contribution in [3.05, 3.63) is 0 Å². The molecule has 5 heteroatoms. The summed E-state index contributed by atoms with van der Waals surface area (Å²) in [7, 11) is 1.78. The summed E-state index contributed by atoms with van der Waals surface area (Å²) in [6.45, 7) is 2.43. The summed E-state index contributed by atoms with van der Waals surface area (Å²) in [5.74, 6) is -0.0321. The smallest absolute Gasteiger partial charge is 0.232 e. The fourth-order valence-electron chi connectivity index (χ4n) is 2.21. The number of amidine groups is 1. The Morgan fingerprint density at radius 3 is 2.62 bits per heavy atom. The van der Waals surface area contributed by atoms with Gasteiger partial charge in [0.25, 0.3) is 0 Å². The molecule has 0 spiro atoms. The summed E-state index contributed by atoms with van der Waals surface area (Å²) in [5, 5.41) is 11.4. The molecule has 1 amide bonds. The van der Waals surface area contributed by atoms with Crippen LogP contribution in [0.1, 0.15) is 32.6 Å². The third-order valence-electron chi connectivity index (χ3n) is 3.31. The van der Waals surface area contributed by atoms with E-state index in [1.807, 2.05) is 0 Å². The van der Waals surface area contributed by atoms with Crippen molar-refractivity contribution in [1.82, 2.24) is 4.90 Å². The van der Waals surface area contributed by atoms with Crippen LogP contribution in [0.5, 0.6) is 0 Å². The Morgan fingerprint density at radius 1 is 1.56 bits per heavy atom. The molecule has 1 fully saturated rings. The van der Waals surface area contributed by atoms with Gasteiger partial charge in [-0.2, -0.15) is 0 Å². The molecule has 1 aliphatic rings. The Kier molecular flexibility index (Phi) is 4.58. The van der Waals surface area contributed by atoms with Crippen LogP contribution in [0.25, 0.3) is 0 Å². The summed E-state index contributed by atoms with van der Waals surface area (Å²) >= 11 is 0. The molecule has 3 N–H and O–H groups in total. The summed E-state index contributed by atoms with van der Waals surface area (Å²) in [6.07, 6.45) is 4.94. The van der Waals surface area contributed by atoms with Gasteiger partial charge in [-0.25, -0.2) is 0 Å². The zero-order chi connectivity index (χ0) is 12.1. The van der Waals surface area contributed by atoms with Crippen LogP contribution in [0.4, 0.5) is 0 Å². The second-order valence-electron chi connectivity index (χ2n) is 4.62. The first-order valence-corrected chi connectivity index (χ1v) is 5.78. The second-order valence-corrected chi connectivity index (χ2v) is 4.62. The normalized spacial score (nSPS) is 19.8. The van der Waals surface area contributed by atoms with E-state index in [0.29, 0.717) is 5.92 Å². The van der Waals surface area contributed by atoms with Gasteiger partial charge < -0.3 is 15.8 Å². The van der Waals surface area contributed by atoms with Crippen LogP contribution in [-0.4, -0.2) is 35.4 Å². The maximum absolute atomic E-state index is 11.9. The zero-order valence-electron chi connectivity index (χ0n) is 10.0. The molecule has 1 rings (SSSR count). The number of hydrogen-bond acceptors (Lipinski definition) is 3. The second kappa shape index (κ2) is 5.72. The molecule has 0 radical (unpaired) electrons. The van der Waals surface area contributed by atoms with Crippen molar-refractivity contribution in [3.63, 3.8) is 0 Å². The van der Waals surface area contributed by atoms with E-state index in [1.54, 1.807) is 18.9 Å². The predicted octanol–water partition coefficient (Wildman–Crippen LogP) is 1.02. The molecule has 0 aromatic rings. The van der Waals surface area contributed by atoms with Gasteiger partial charge in [0, 0.05) is 13.6 Å². The van der Waals surface area contributed by atoms with Crippen molar-refractivity contribution in [2.45, 2.75) is 32.6 Å². The minimum absolute atomic E-state index is 0.0247. The van der Waals surface area contributed by atoms with E-state index in [2.05, 4.69) is 5.16 Å². The molecule has 1 unspecified atom stereocenters. The Labute approximate surface area is 96.3 Å². The monoisotopic (exact) mass is 227 g/mol. The summed E-state index contributed by atoms with van der Waals surface area (Å²) in [5.41, 5.74) is 5.42. The highest BCUT2D eigenvalue weighted by Crippen LogP contribution is 2.25. The summed E-state index contributed by atoms with van der Waals surface area (Å²) in [4.78, 5) is 13.6. The summed E-state index contributed by atoms with van der Waals surface area (Å²) < 4.78 is 0. The Hall–Kier alpha value is -1.26. The molecule has 5 nitrogen and oxygen atoms in total. The lowest BCUT2D eigenvalue weighted by Gasteiger charge is -2.23. The molecule has 0 aliphatic heterocycles. The number of hydrogen-bond donors (Lipinski definition) is 2. The largest absolute Gasteiger partial charge is 0.409 e. The van der Waals surface area contributed by atoms with Crippen LogP contribution < -0.4 is 5.73 Å². The standard InChI is InChI=1S/C11H21N3O2/c1-8(10(12)13-16)11(15)14(2)7-9-5-3-4-6-9/h8-9,16H,3-7H2,1-2H3,(H2,12,13). The predicted molar refractivity (Wildman–Crippen MR) is 62.2 cm³/mol. The number of carbonyl (C=O) groups is 1. The third kappa shape index (κ3) is 3.12. The molecule has 0 bridgehead atoms. The van der Waals surface area contributed by atoms with E-state index in [1.165, 1.54) is 25.7 Å². The van der Waals surface area contributed by atoms with Crippen LogP contribution in [0.15, 0.2) is 5.16 Å². The lowest BCUT2D eigenvalue weighted by Crippen LogP contribution is -2.40. The molecule has 1 atom stereocenters. The van der Waals surface area contributed by atoms with Crippen LogP contribution in [-0.2, 0) is 4.79 Å². The van der Waals surface area contributed by atoms with Crippen molar-refractivity contribution in [3.8, 4) is 0 Å². The highest BCUT2D eigenvalue weighted by molar-refractivity contribution is 6.01. The average Bonchev–Trinajstić information content (AvgIpc) is 2.78. The van der Waals surface area contributed by atoms with Crippen LogP contribution in [0, 0.1) is 11.8 Å². The van der Waals surface area contributed by atoms with Gasteiger partial charge in [-0.1, -0.05) is 18.0 Å². The van der Waals surface area contributed by atoms with Crippen molar-refractivity contribution in [2.75, 3.05) is 13.6 Å². The summed E-state index contributed by atoms with van der Waals surface area (Å²) in [6, 6.07) is 0. The first kappa shape index (κ1) is 12.8. The van der Waals surface area contributed by atoms with Gasteiger partial charge in [-0.15, -0.1) is 0 Å². The van der Waals surface area contributed by atoms with Gasteiger partial charge >= 0.3 is 0 Å². The molecule has 0 aromatic heterocycles. The molecule has 1 saturated carbocycles. The molecule has 1 aliphatic carbocycles. The van der Waals surface area contributed by atoms with Crippen LogP contribution in [0.2, 0.25) is 0 Å². The maximum Gasteiger partial charge on any atom is 0.232 e. The van der Waals surface area contributed by atoms with E-state index in [9.17, 15) is 4.79 Å². The van der Waals surface area contributed by atoms with E-state index >= 15 is 0 Å². The third-order valence-corrected chi connectivity index (χ3v) is 3.31. The molecule has 0 aromatic carbocycles. The number of nitrogens with two attached hydrogens (primary N) is 1. The highest BCUT2D eigenvalue weighted by atomic mass is 16.4. The van der Waals surface area contributed by atoms with Gasteiger partial charge in [0.2, 0.25) is 5.91 Å². The topological polar surface area (TPSA) is 78.9 Å². The lowest BCUT2D eigenvalue weighted by molar-refractivity contribution is -0.132. The lowest BCUT2D eigenvalue weighted by atomic mass is 10.1. The molecular weight excluding hydrogens is 206 g/mol. The number of oxime groups is 1. The first-order chi connectivity index (χ1) is 7.56. The van der Waals surface area contributed by atoms with Crippen molar-refractivity contribution in [1.29, 1.82) is 0 Å². The molecule has 0 heterocycles. The Balaban J connectivity index is 2.46. The SMILES string of the molecule is CC(C(=O)N(C)CC1CCCC1)C(N)=NO. The zero-order valence-corrected chi connectivity index (χ0v) is 10.0. The van der Waals surface area contributed by atoms with Crippen LogP contribution in [0.3, 0.4) is 0 Å². The van der Waals surface area contributed by atoms with Crippen molar-refractivity contribution >= 4 is 11.7 Å².